The van der Waals surface area contributed by atoms with Crippen LogP contribution in [0.4, 0.5) is 14.5 Å². The monoisotopic (exact) mass is 374 g/mol. The summed E-state index contributed by atoms with van der Waals surface area (Å²) in [5.74, 6) is -1.16. The van der Waals surface area contributed by atoms with Crippen molar-refractivity contribution in [2.75, 3.05) is 19.5 Å². The summed E-state index contributed by atoms with van der Waals surface area (Å²) in [6, 6.07) is 8.79. The fourth-order valence-corrected chi connectivity index (χ4v) is 2.21. The van der Waals surface area contributed by atoms with E-state index < -0.39 is 11.6 Å². The normalized spacial score (nSPS) is 10.4. The summed E-state index contributed by atoms with van der Waals surface area (Å²) >= 11 is 0. The third kappa shape index (κ3) is 4.38. The van der Waals surface area contributed by atoms with E-state index in [1.54, 1.807) is 12.1 Å². The predicted octanol–water partition coefficient (Wildman–Crippen LogP) is 3.57. The lowest BCUT2D eigenvalue weighted by Crippen LogP contribution is -2.06. The van der Waals surface area contributed by atoms with Gasteiger partial charge in [-0.15, -0.1) is 0 Å². The van der Waals surface area contributed by atoms with Crippen LogP contribution < -0.4 is 19.5 Å². The number of anilines is 1. The molecule has 27 heavy (non-hydrogen) atoms. The second-order valence-corrected chi connectivity index (χ2v) is 5.26. The molecule has 0 unspecified atom stereocenters. The molecule has 0 atom stereocenters. The summed E-state index contributed by atoms with van der Waals surface area (Å²) in [6.45, 7) is 0.144. The topological polar surface area (TPSA) is 78.4 Å². The Balaban J connectivity index is 1.81. The summed E-state index contributed by atoms with van der Waals surface area (Å²) < 4.78 is 42.9. The van der Waals surface area contributed by atoms with Crippen molar-refractivity contribution in [3.63, 3.8) is 0 Å². The highest BCUT2D eigenvalue weighted by Gasteiger charge is 2.13. The Kier molecular flexibility index (Phi) is 5.60. The van der Waals surface area contributed by atoms with Gasteiger partial charge in [0.15, 0.2) is 11.6 Å². The Morgan fingerprint density at radius 1 is 1.00 bits per heavy atom. The van der Waals surface area contributed by atoms with E-state index >= 15 is 0 Å². The number of ether oxygens (including phenoxy) is 3. The van der Waals surface area contributed by atoms with Gasteiger partial charge in [-0.05, 0) is 18.2 Å². The van der Waals surface area contributed by atoms with Crippen LogP contribution in [0, 0.1) is 11.6 Å². The van der Waals surface area contributed by atoms with E-state index in [-0.39, 0.29) is 35.9 Å². The lowest BCUT2D eigenvalue weighted by molar-refractivity contribution is 0.344. The lowest BCUT2D eigenvalue weighted by atomic mass is 10.2. The number of aromatic nitrogens is 3. The Morgan fingerprint density at radius 3 is 2.44 bits per heavy atom. The molecule has 0 bridgehead atoms. The van der Waals surface area contributed by atoms with Crippen LogP contribution >= 0.6 is 0 Å². The van der Waals surface area contributed by atoms with Gasteiger partial charge in [0.25, 0.3) is 0 Å². The molecule has 140 valence electrons. The Morgan fingerprint density at radius 2 is 1.74 bits per heavy atom. The van der Waals surface area contributed by atoms with Gasteiger partial charge in [-0.25, -0.2) is 13.8 Å². The minimum absolute atomic E-state index is 0.0249. The van der Waals surface area contributed by atoms with Crippen molar-refractivity contribution in [1.29, 1.82) is 0 Å². The summed E-state index contributed by atoms with van der Waals surface area (Å²) in [5.41, 5.74) is 0.621. The number of pyridine rings is 1. The molecule has 1 N–H and O–H groups in total. The summed E-state index contributed by atoms with van der Waals surface area (Å²) in [4.78, 5) is 12.3. The Hall–Kier alpha value is -3.49. The van der Waals surface area contributed by atoms with Crippen LogP contribution in [0.15, 0.2) is 42.6 Å². The van der Waals surface area contributed by atoms with Crippen LogP contribution in [0.25, 0.3) is 0 Å². The quantitative estimate of drug-likeness (QED) is 0.677. The highest BCUT2D eigenvalue weighted by atomic mass is 19.2. The van der Waals surface area contributed by atoms with Gasteiger partial charge in [0, 0.05) is 18.3 Å². The molecule has 3 rings (SSSR count). The predicted molar refractivity (Wildman–Crippen MR) is 93.1 cm³/mol. The maximum atomic E-state index is 13.8. The summed E-state index contributed by atoms with van der Waals surface area (Å²) in [5, 5.41) is 2.82. The molecule has 0 amide bonds. The van der Waals surface area contributed by atoms with Crippen LogP contribution in [-0.2, 0) is 6.54 Å². The van der Waals surface area contributed by atoms with Gasteiger partial charge in [0.2, 0.25) is 17.6 Å². The first-order valence-electron chi connectivity index (χ1n) is 7.87. The second-order valence-electron chi connectivity index (χ2n) is 5.26. The van der Waals surface area contributed by atoms with Crippen molar-refractivity contribution in [2.24, 2.45) is 0 Å². The lowest BCUT2D eigenvalue weighted by Gasteiger charge is -2.12. The minimum atomic E-state index is -0.954. The first-order chi connectivity index (χ1) is 13.1. The number of benzene rings is 1. The Bertz CT molecular complexity index is 918. The molecule has 0 radical (unpaired) electrons. The van der Waals surface area contributed by atoms with E-state index in [1.165, 1.54) is 38.6 Å². The smallest absolute Gasteiger partial charge is 0.330 e. The Labute approximate surface area is 154 Å². The molecule has 0 aliphatic carbocycles. The van der Waals surface area contributed by atoms with E-state index in [0.29, 0.717) is 5.56 Å². The van der Waals surface area contributed by atoms with Crippen LogP contribution in [0.1, 0.15) is 5.56 Å². The molecule has 2 aromatic heterocycles. The molecule has 0 spiro atoms. The van der Waals surface area contributed by atoms with E-state index in [1.807, 2.05) is 0 Å². The van der Waals surface area contributed by atoms with E-state index in [0.717, 1.165) is 6.07 Å². The summed E-state index contributed by atoms with van der Waals surface area (Å²) in [7, 11) is 2.91. The van der Waals surface area contributed by atoms with Gasteiger partial charge in [0.05, 0.1) is 26.0 Å². The van der Waals surface area contributed by atoms with Gasteiger partial charge in [-0.3, -0.25) is 0 Å². The third-order valence-corrected chi connectivity index (χ3v) is 3.54. The van der Waals surface area contributed by atoms with E-state index in [9.17, 15) is 8.78 Å². The highest BCUT2D eigenvalue weighted by Crippen LogP contribution is 2.25. The zero-order valence-corrected chi connectivity index (χ0v) is 14.6. The van der Waals surface area contributed by atoms with E-state index in [2.05, 4.69) is 20.3 Å². The fourth-order valence-electron chi connectivity index (χ4n) is 2.21. The molecule has 7 nitrogen and oxygen atoms in total. The molecular formula is C18H16F2N4O3. The largest absolute Gasteiger partial charge is 0.481 e. The van der Waals surface area contributed by atoms with Gasteiger partial charge in [0.1, 0.15) is 0 Å². The van der Waals surface area contributed by atoms with Crippen LogP contribution in [0.3, 0.4) is 0 Å². The molecule has 0 saturated carbocycles. The van der Waals surface area contributed by atoms with Gasteiger partial charge in [-0.1, -0.05) is 12.1 Å². The maximum Gasteiger partial charge on any atom is 0.330 e. The fraction of sp³-hybridized carbons (Fsp3) is 0.167. The number of nitrogens with one attached hydrogen (secondary N) is 1. The standard InChI is InChI=1S/C18H16F2N4O3/c1-25-14-9-15(26-2)24-18(23-14)27-17-11(5-4-8-21-17)10-22-13-7-3-6-12(19)16(13)20/h3-9,22H,10H2,1-2H3. The molecule has 0 aliphatic rings. The van der Waals surface area contributed by atoms with Crippen LogP contribution in [-0.4, -0.2) is 29.2 Å². The minimum Gasteiger partial charge on any atom is -0.481 e. The average Bonchev–Trinajstić information content (AvgIpc) is 2.69. The van der Waals surface area contributed by atoms with Gasteiger partial charge >= 0.3 is 6.01 Å². The highest BCUT2D eigenvalue weighted by molar-refractivity contribution is 5.46. The third-order valence-electron chi connectivity index (χ3n) is 3.54. The zero-order chi connectivity index (χ0) is 19.2. The number of hydrogen-bond acceptors (Lipinski definition) is 7. The van der Waals surface area contributed by atoms with Crippen molar-refractivity contribution in [2.45, 2.75) is 6.54 Å². The van der Waals surface area contributed by atoms with Crippen molar-refractivity contribution in [3.05, 3.63) is 59.8 Å². The number of halogens is 2. The molecule has 0 saturated heterocycles. The number of rotatable bonds is 7. The van der Waals surface area contributed by atoms with E-state index in [4.69, 9.17) is 14.2 Å². The van der Waals surface area contributed by atoms with Crippen molar-refractivity contribution < 1.29 is 23.0 Å². The van der Waals surface area contributed by atoms with Crippen LogP contribution in [0.5, 0.6) is 23.7 Å². The van der Waals surface area contributed by atoms with Crippen molar-refractivity contribution in [3.8, 4) is 23.7 Å². The molecule has 0 fully saturated rings. The van der Waals surface area contributed by atoms with Gasteiger partial charge in [-0.2, -0.15) is 9.97 Å². The SMILES string of the molecule is COc1cc(OC)nc(Oc2ncccc2CNc2cccc(F)c2F)n1. The molecule has 9 heteroatoms. The molecule has 3 aromatic rings. The second kappa shape index (κ2) is 8.26. The zero-order valence-electron chi connectivity index (χ0n) is 14.6. The molecular weight excluding hydrogens is 358 g/mol. The maximum absolute atomic E-state index is 13.8. The summed E-state index contributed by atoms with van der Waals surface area (Å²) in [6.07, 6.45) is 1.53. The molecule has 1 aromatic carbocycles. The number of methoxy groups -OCH3 is 2. The molecule has 0 aliphatic heterocycles. The first-order valence-corrected chi connectivity index (χ1v) is 7.87. The van der Waals surface area contributed by atoms with Crippen molar-refractivity contribution in [1.82, 2.24) is 15.0 Å². The number of nitrogens with zero attached hydrogens (tertiary/aromatic N) is 3. The van der Waals surface area contributed by atoms with Crippen molar-refractivity contribution >= 4 is 5.69 Å². The first kappa shape index (κ1) is 18.3. The number of hydrogen-bond donors (Lipinski definition) is 1. The molecule has 2 heterocycles. The average molecular weight is 374 g/mol. The van der Waals surface area contributed by atoms with Gasteiger partial charge < -0.3 is 19.5 Å². The van der Waals surface area contributed by atoms with Crippen LogP contribution in [0.2, 0.25) is 0 Å².